The largest absolute Gasteiger partial charge is 0.369 e. The maximum Gasteiger partial charge on any atom is 0.220 e. The number of amides is 1. The average molecular weight is 462 g/mol. The van der Waals surface area contributed by atoms with Gasteiger partial charge in [0.1, 0.15) is 17.7 Å². The van der Waals surface area contributed by atoms with Crippen LogP contribution < -0.4 is 11.1 Å². The number of fused-ring (bicyclic) bond motifs is 2. The lowest BCUT2D eigenvalue weighted by Gasteiger charge is -2.31. The number of anilines is 1. The Balaban J connectivity index is 1.49. The summed E-state index contributed by atoms with van der Waals surface area (Å²) in [7, 11) is 0. The van der Waals surface area contributed by atoms with Gasteiger partial charge < -0.3 is 11.1 Å². The van der Waals surface area contributed by atoms with E-state index in [2.05, 4.69) is 33.3 Å². The number of primary amides is 1. The number of halogens is 1. The number of aryl methyl sites for hydroxylation is 1. The molecule has 5 rings (SSSR count). The molecule has 1 saturated heterocycles. The molecule has 1 aliphatic rings. The predicted octanol–water partition coefficient (Wildman–Crippen LogP) is 3.60. The Morgan fingerprint density at radius 3 is 2.85 bits per heavy atom. The summed E-state index contributed by atoms with van der Waals surface area (Å²) in [5.74, 6) is 0.175. The number of piperidine rings is 1. The Morgan fingerprint density at radius 2 is 2.09 bits per heavy atom. The zero-order valence-corrected chi connectivity index (χ0v) is 19.3. The van der Waals surface area contributed by atoms with Gasteiger partial charge in [0, 0.05) is 29.6 Å². The Kier molecular flexibility index (Phi) is 5.87. The minimum absolute atomic E-state index is 0.0700. The van der Waals surface area contributed by atoms with Gasteiger partial charge in [0.2, 0.25) is 5.91 Å². The van der Waals surface area contributed by atoms with E-state index in [-0.39, 0.29) is 23.7 Å². The number of aromatic nitrogens is 4. The highest BCUT2D eigenvalue weighted by Gasteiger charge is 2.25. The van der Waals surface area contributed by atoms with Gasteiger partial charge in [-0.3, -0.25) is 14.7 Å². The molecule has 3 N–H and O–H groups in total. The molecule has 0 unspecified atom stereocenters. The zero-order chi connectivity index (χ0) is 23.8. The van der Waals surface area contributed by atoms with E-state index in [4.69, 9.17) is 10.7 Å². The van der Waals surface area contributed by atoms with Crippen molar-refractivity contribution in [2.75, 3.05) is 18.4 Å². The summed E-state index contributed by atoms with van der Waals surface area (Å²) in [4.78, 5) is 23.2. The van der Waals surface area contributed by atoms with E-state index in [0.717, 1.165) is 53.9 Å². The van der Waals surface area contributed by atoms with Gasteiger partial charge >= 0.3 is 0 Å². The number of rotatable bonds is 6. The van der Waals surface area contributed by atoms with Crippen molar-refractivity contribution in [3.05, 3.63) is 65.5 Å². The molecule has 0 aliphatic carbocycles. The molecule has 0 spiro atoms. The van der Waals surface area contributed by atoms with Gasteiger partial charge in [-0.15, -0.1) is 0 Å². The van der Waals surface area contributed by atoms with E-state index in [0.29, 0.717) is 17.6 Å². The number of likely N-dealkylation sites (tertiary alicyclic amines) is 1. The highest BCUT2D eigenvalue weighted by Crippen LogP contribution is 2.30. The quantitative estimate of drug-likeness (QED) is 0.455. The lowest BCUT2D eigenvalue weighted by atomic mass is 9.95. The van der Waals surface area contributed by atoms with E-state index in [9.17, 15) is 9.18 Å². The van der Waals surface area contributed by atoms with Crippen LogP contribution in [0.3, 0.4) is 0 Å². The molecule has 8 nitrogen and oxygen atoms in total. The maximum absolute atomic E-state index is 14.3. The average Bonchev–Trinajstić information content (AvgIpc) is 3.32. The van der Waals surface area contributed by atoms with Crippen LogP contribution >= 0.6 is 0 Å². The first-order chi connectivity index (χ1) is 16.4. The van der Waals surface area contributed by atoms with Crippen LogP contribution in [0, 0.1) is 18.7 Å². The van der Waals surface area contributed by atoms with Gasteiger partial charge in [-0.2, -0.15) is 5.10 Å². The normalized spacial score (nSPS) is 16.2. The van der Waals surface area contributed by atoms with Crippen LogP contribution in [-0.4, -0.2) is 43.5 Å². The molecule has 1 atom stereocenters. The molecule has 0 saturated carbocycles. The third-order valence-electron chi connectivity index (χ3n) is 6.80. The molecule has 1 fully saturated rings. The van der Waals surface area contributed by atoms with Crippen LogP contribution in [0.2, 0.25) is 0 Å². The van der Waals surface area contributed by atoms with E-state index in [1.165, 1.54) is 12.4 Å². The molecule has 0 radical (unpaired) electrons. The fraction of sp³-hybridized carbons (Fsp3) is 0.360. The minimum atomic E-state index is -0.260. The number of nitrogens with one attached hydrogen (secondary N) is 1. The molecule has 1 amide bonds. The van der Waals surface area contributed by atoms with Gasteiger partial charge in [0.25, 0.3) is 0 Å². The number of nitrogens with zero attached hydrogens (tertiary/aromatic N) is 5. The van der Waals surface area contributed by atoms with Crippen molar-refractivity contribution >= 4 is 28.1 Å². The highest BCUT2D eigenvalue weighted by atomic mass is 19.1. The highest BCUT2D eigenvalue weighted by molar-refractivity contribution is 5.83. The van der Waals surface area contributed by atoms with Crippen LogP contribution in [0.15, 0.2) is 42.9 Å². The van der Waals surface area contributed by atoms with Crippen molar-refractivity contribution in [1.82, 2.24) is 24.5 Å². The van der Waals surface area contributed by atoms with Crippen molar-refractivity contribution in [2.24, 2.45) is 11.7 Å². The first-order valence-electron chi connectivity index (χ1n) is 11.6. The number of hydrogen-bond donors (Lipinski definition) is 2. The van der Waals surface area contributed by atoms with Crippen LogP contribution in [0.25, 0.3) is 16.4 Å². The Labute approximate surface area is 197 Å². The third kappa shape index (κ3) is 4.19. The number of carbonyl (C=O) groups excluding carboxylic acids is 1. The lowest BCUT2D eigenvalue weighted by molar-refractivity contribution is -0.123. The number of hydrogen-bond acceptors (Lipinski definition) is 6. The molecule has 4 aromatic rings. The molecular formula is C25H28FN7O. The molecule has 9 heteroatoms. The second kappa shape index (κ2) is 8.98. The Morgan fingerprint density at radius 1 is 1.29 bits per heavy atom. The summed E-state index contributed by atoms with van der Waals surface area (Å²) in [6.07, 6.45) is 4.89. The summed E-state index contributed by atoms with van der Waals surface area (Å²) in [6.45, 7) is 5.99. The molecular weight excluding hydrogens is 433 g/mol. The number of nitrogens with two attached hydrogens (primary N) is 1. The lowest BCUT2D eigenvalue weighted by Crippen LogP contribution is -2.38. The van der Waals surface area contributed by atoms with Gasteiger partial charge in [0.05, 0.1) is 17.3 Å². The van der Waals surface area contributed by atoms with E-state index in [1.807, 2.05) is 18.3 Å². The van der Waals surface area contributed by atoms with Crippen LogP contribution in [0.4, 0.5) is 10.2 Å². The van der Waals surface area contributed by atoms with Gasteiger partial charge in [-0.05, 0) is 75.7 Å². The van der Waals surface area contributed by atoms with E-state index >= 15 is 0 Å². The summed E-state index contributed by atoms with van der Waals surface area (Å²) in [5, 5.41) is 8.64. The Bertz CT molecular complexity index is 1360. The number of benzene rings is 1. The molecule has 3 aromatic heterocycles. The first-order valence-corrected chi connectivity index (χ1v) is 11.6. The maximum atomic E-state index is 14.3. The Hall–Kier alpha value is -3.59. The van der Waals surface area contributed by atoms with Crippen molar-refractivity contribution in [2.45, 2.75) is 39.3 Å². The van der Waals surface area contributed by atoms with Gasteiger partial charge in [-0.1, -0.05) is 0 Å². The topological polar surface area (TPSA) is 101 Å². The first kappa shape index (κ1) is 22.2. The van der Waals surface area contributed by atoms with Crippen molar-refractivity contribution < 1.29 is 9.18 Å². The standard InChI is InChI=1S/C25H28FN7O/c1-15-20(26)6-5-18-12-19(16(2)30-25-22-4-3-9-33(22)29-14-28-25)21(31-23(15)18)13-32-10-7-17(8-11-32)24(27)34/h3-6,9,12,14,16-17H,7-8,10-11,13H2,1-2H3,(H2,27,34)(H,28,29,30)/t16-/m0/s1. The molecule has 1 aromatic carbocycles. The summed E-state index contributed by atoms with van der Waals surface area (Å²) >= 11 is 0. The smallest absolute Gasteiger partial charge is 0.220 e. The summed E-state index contributed by atoms with van der Waals surface area (Å²) in [6, 6.07) is 9.14. The summed E-state index contributed by atoms with van der Waals surface area (Å²) < 4.78 is 16.1. The number of pyridine rings is 1. The van der Waals surface area contributed by atoms with Crippen molar-refractivity contribution in [3.8, 4) is 0 Å². The molecule has 0 bridgehead atoms. The molecule has 34 heavy (non-hydrogen) atoms. The number of carbonyl (C=O) groups is 1. The van der Waals surface area contributed by atoms with Crippen LogP contribution in [0.1, 0.15) is 42.6 Å². The van der Waals surface area contributed by atoms with E-state index < -0.39 is 0 Å². The van der Waals surface area contributed by atoms with Crippen LogP contribution in [0.5, 0.6) is 0 Å². The zero-order valence-electron chi connectivity index (χ0n) is 19.3. The minimum Gasteiger partial charge on any atom is -0.369 e. The predicted molar refractivity (Wildman–Crippen MR) is 129 cm³/mol. The molecule has 176 valence electrons. The van der Waals surface area contributed by atoms with Crippen LogP contribution in [-0.2, 0) is 11.3 Å². The molecule has 1 aliphatic heterocycles. The van der Waals surface area contributed by atoms with Gasteiger partial charge in [-0.25, -0.2) is 13.9 Å². The van der Waals surface area contributed by atoms with E-state index in [1.54, 1.807) is 17.5 Å². The summed E-state index contributed by atoms with van der Waals surface area (Å²) in [5.41, 5.74) is 9.52. The third-order valence-corrected chi connectivity index (χ3v) is 6.80. The second-order valence-electron chi connectivity index (χ2n) is 9.03. The SMILES string of the molecule is Cc1c(F)ccc2cc([C@H](C)Nc3ncnn4cccc34)c(CN3CCC(C(N)=O)CC3)nc12. The second-order valence-corrected chi connectivity index (χ2v) is 9.03. The molecule has 4 heterocycles. The monoisotopic (exact) mass is 461 g/mol. The van der Waals surface area contributed by atoms with Gasteiger partial charge in [0.15, 0.2) is 5.82 Å². The van der Waals surface area contributed by atoms with Crippen molar-refractivity contribution in [3.63, 3.8) is 0 Å². The fourth-order valence-electron chi connectivity index (χ4n) is 4.76. The van der Waals surface area contributed by atoms with Crippen molar-refractivity contribution in [1.29, 1.82) is 0 Å². The fourth-order valence-corrected chi connectivity index (χ4v) is 4.76.